The van der Waals surface area contributed by atoms with Gasteiger partial charge >= 0.3 is 0 Å². The lowest BCUT2D eigenvalue weighted by Gasteiger charge is -2.31. The molecule has 1 aromatic carbocycles. The molecule has 0 unspecified atom stereocenters. The highest BCUT2D eigenvalue weighted by Gasteiger charge is 2.35. The molecule has 7 nitrogen and oxygen atoms in total. The first-order valence-electron chi connectivity index (χ1n) is 9.78. The largest absolute Gasteiger partial charge is 0.368 e. The lowest BCUT2D eigenvalue weighted by molar-refractivity contribution is 0.0909. The molecular formula is C21H27N5O2. The van der Waals surface area contributed by atoms with Crippen LogP contribution in [-0.2, 0) is 6.42 Å². The van der Waals surface area contributed by atoms with E-state index in [2.05, 4.69) is 29.2 Å². The molecule has 4 rings (SSSR count). The number of rotatable bonds is 3. The van der Waals surface area contributed by atoms with Gasteiger partial charge in [0, 0.05) is 32.6 Å². The maximum absolute atomic E-state index is 12.7. The zero-order chi connectivity index (χ0) is 20.1. The molecule has 1 aromatic heterocycles. The fraction of sp³-hybridized carbons (Fsp3) is 0.476. The molecule has 1 aliphatic heterocycles. The summed E-state index contributed by atoms with van der Waals surface area (Å²) in [6.45, 7) is 9.46. The zero-order valence-corrected chi connectivity index (χ0v) is 16.7. The van der Waals surface area contributed by atoms with Gasteiger partial charge in [-0.25, -0.2) is 4.68 Å². The number of piperazine rings is 1. The molecular weight excluding hydrogens is 354 g/mol. The van der Waals surface area contributed by atoms with E-state index in [4.69, 9.17) is 5.73 Å². The summed E-state index contributed by atoms with van der Waals surface area (Å²) in [5.74, 6) is -0.277. The average Bonchev–Trinajstić information content (AvgIpc) is 2.97. The van der Waals surface area contributed by atoms with Gasteiger partial charge in [-0.1, -0.05) is 13.8 Å². The number of Topliss-reactive ketones (excluding diaryl/α,β-unsaturated/α-hetero) is 1. The second-order valence-electron chi connectivity index (χ2n) is 8.56. The highest BCUT2D eigenvalue weighted by Crippen LogP contribution is 2.37. The molecule has 0 radical (unpaired) electrons. The normalized spacial score (nSPS) is 18.8. The van der Waals surface area contributed by atoms with Crippen molar-refractivity contribution < 1.29 is 9.59 Å². The Bertz CT molecular complexity index is 954. The fourth-order valence-electron chi connectivity index (χ4n) is 4.38. The molecule has 1 aliphatic carbocycles. The highest BCUT2D eigenvalue weighted by molar-refractivity contribution is 6.00. The van der Waals surface area contributed by atoms with E-state index in [9.17, 15) is 9.59 Å². The molecule has 0 atom stereocenters. The summed E-state index contributed by atoms with van der Waals surface area (Å²) < 4.78 is 1.87. The third kappa shape index (κ3) is 3.20. The number of aryl methyl sites for hydroxylation is 1. The van der Waals surface area contributed by atoms with E-state index in [1.807, 2.05) is 23.7 Å². The minimum atomic E-state index is -0.435. The van der Waals surface area contributed by atoms with Crippen molar-refractivity contribution in [1.82, 2.24) is 15.1 Å². The maximum Gasteiger partial charge on any atom is 0.250 e. The van der Waals surface area contributed by atoms with Crippen molar-refractivity contribution in [3.63, 3.8) is 0 Å². The number of benzene rings is 1. The SMILES string of the molecule is Cc1nn(-c2ccc(C(N)=O)c(N3CCNCC3)c2)c2c1C(=O)CC(C)(C)C2. The van der Waals surface area contributed by atoms with Crippen molar-refractivity contribution in [3.05, 3.63) is 40.7 Å². The summed E-state index contributed by atoms with van der Waals surface area (Å²) >= 11 is 0. The lowest BCUT2D eigenvalue weighted by Crippen LogP contribution is -2.44. The number of anilines is 1. The van der Waals surface area contributed by atoms with Crippen LogP contribution in [0.25, 0.3) is 5.69 Å². The van der Waals surface area contributed by atoms with Gasteiger partial charge < -0.3 is 16.0 Å². The van der Waals surface area contributed by atoms with Crippen LogP contribution >= 0.6 is 0 Å². The monoisotopic (exact) mass is 381 g/mol. The first-order chi connectivity index (χ1) is 13.3. The number of carbonyl (C=O) groups is 2. The van der Waals surface area contributed by atoms with E-state index in [1.54, 1.807) is 6.07 Å². The molecule has 0 spiro atoms. The Morgan fingerprint density at radius 3 is 2.61 bits per heavy atom. The predicted octanol–water partition coefficient (Wildman–Crippen LogP) is 1.84. The maximum atomic E-state index is 12.7. The number of carbonyl (C=O) groups excluding carboxylic acids is 2. The van der Waals surface area contributed by atoms with Gasteiger partial charge in [-0.2, -0.15) is 5.10 Å². The van der Waals surface area contributed by atoms with E-state index in [0.29, 0.717) is 12.0 Å². The van der Waals surface area contributed by atoms with Crippen molar-refractivity contribution in [2.24, 2.45) is 11.1 Å². The molecule has 7 heteroatoms. The number of aromatic nitrogens is 2. The van der Waals surface area contributed by atoms with E-state index < -0.39 is 5.91 Å². The van der Waals surface area contributed by atoms with Crippen LogP contribution in [0.4, 0.5) is 5.69 Å². The Balaban J connectivity index is 1.84. The molecule has 3 N–H and O–H groups in total. The number of amides is 1. The van der Waals surface area contributed by atoms with E-state index >= 15 is 0 Å². The Labute approximate surface area is 164 Å². The zero-order valence-electron chi connectivity index (χ0n) is 16.7. The molecule has 2 aromatic rings. The Morgan fingerprint density at radius 1 is 1.21 bits per heavy atom. The molecule has 2 aliphatic rings. The van der Waals surface area contributed by atoms with Crippen LogP contribution in [0.15, 0.2) is 18.2 Å². The molecule has 0 bridgehead atoms. The number of nitrogens with zero attached hydrogens (tertiary/aromatic N) is 3. The second-order valence-corrected chi connectivity index (χ2v) is 8.56. The Kier molecular flexibility index (Phi) is 4.50. The van der Waals surface area contributed by atoms with Gasteiger partial charge in [0.25, 0.3) is 5.91 Å². The number of hydrogen-bond donors (Lipinski definition) is 2. The summed E-state index contributed by atoms with van der Waals surface area (Å²) in [4.78, 5) is 26.9. The van der Waals surface area contributed by atoms with Gasteiger partial charge in [0.05, 0.1) is 33.9 Å². The van der Waals surface area contributed by atoms with Gasteiger partial charge in [0.2, 0.25) is 0 Å². The number of nitrogens with one attached hydrogen (secondary N) is 1. The highest BCUT2D eigenvalue weighted by atomic mass is 16.1. The molecule has 28 heavy (non-hydrogen) atoms. The number of nitrogens with two attached hydrogens (primary N) is 1. The summed E-state index contributed by atoms with van der Waals surface area (Å²) in [7, 11) is 0. The number of ketones is 1. The van der Waals surface area contributed by atoms with Crippen LogP contribution in [0.3, 0.4) is 0 Å². The summed E-state index contributed by atoms with van der Waals surface area (Å²) in [5.41, 5.74) is 10.2. The number of fused-ring (bicyclic) bond motifs is 1. The summed E-state index contributed by atoms with van der Waals surface area (Å²) in [5, 5.41) is 8.01. The smallest absolute Gasteiger partial charge is 0.250 e. The standard InChI is InChI=1S/C21H27N5O2/c1-13-19-17(11-21(2,3)12-18(19)27)26(24-13)14-4-5-15(20(22)28)16(10-14)25-8-6-23-7-9-25/h4-5,10,23H,6-9,11-12H2,1-3H3,(H2,22,28). The first-order valence-corrected chi connectivity index (χ1v) is 9.78. The molecule has 1 fully saturated rings. The van der Waals surface area contributed by atoms with Gasteiger partial charge in [0.1, 0.15) is 0 Å². The van der Waals surface area contributed by atoms with Crippen molar-refractivity contribution >= 4 is 17.4 Å². The van der Waals surface area contributed by atoms with Crippen LogP contribution in [0.1, 0.15) is 52.4 Å². The summed E-state index contributed by atoms with van der Waals surface area (Å²) in [6.07, 6.45) is 1.33. The van der Waals surface area contributed by atoms with Gasteiger partial charge in [-0.3, -0.25) is 9.59 Å². The molecule has 0 saturated carbocycles. The quantitative estimate of drug-likeness (QED) is 0.846. The predicted molar refractivity (Wildman–Crippen MR) is 108 cm³/mol. The third-order valence-corrected chi connectivity index (χ3v) is 5.67. The molecule has 2 heterocycles. The van der Waals surface area contributed by atoms with E-state index in [0.717, 1.165) is 60.9 Å². The van der Waals surface area contributed by atoms with Crippen molar-refractivity contribution in [2.45, 2.75) is 33.6 Å². The van der Waals surface area contributed by atoms with Gasteiger partial charge in [-0.05, 0) is 37.0 Å². The third-order valence-electron chi connectivity index (χ3n) is 5.67. The van der Waals surface area contributed by atoms with E-state index in [1.165, 1.54) is 0 Å². The molecule has 1 saturated heterocycles. The second kappa shape index (κ2) is 6.74. The molecule has 148 valence electrons. The fourth-order valence-corrected chi connectivity index (χ4v) is 4.38. The Morgan fingerprint density at radius 2 is 1.93 bits per heavy atom. The van der Waals surface area contributed by atoms with Crippen LogP contribution in [0.2, 0.25) is 0 Å². The van der Waals surface area contributed by atoms with Crippen molar-refractivity contribution in [1.29, 1.82) is 0 Å². The number of hydrogen-bond acceptors (Lipinski definition) is 5. The Hall–Kier alpha value is -2.67. The minimum absolute atomic E-state index is 0.0944. The van der Waals surface area contributed by atoms with Crippen LogP contribution < -0.4 is 16.0 Å². The minimum Gasteiger partial charge on any atom is -0.368 e. The first kappa shape index (κ1) is 18.7. The molecule has 1 amide bonds. The van der Waals surface area contributed by atoms with Gasteiger partial charge in [0.15, 0.2) is 5.78 Å². The van der Waals surface area contributed by atoms with Crippen LogP contribution in [-0.4, -0.2) is 47.6 Å². The van der Waals surface area contributed by atoms with Gasteiger partial charge in [-0.15, -0.1) is 0 Å². The average molecular weight is 381 g/mol. The van der Waals surface area contributed by atoms with Crippen LogP contribution in [0, 0.1) is 12.3 Å². The van der Waals surface area contributed by atoms with Crippen molar-refractivity contribution in [2.75, 3.05) is 31.1 Å². The van der Waals surface area contributed by atoms with E-state index in [-0.39, 0.29) is 11.2 Å². The number of primary amides is 1. The lowest BCUT2D eigenvalue weighted by atomic mass is 9.75. The summed E-state index contributed by atoms with van der Waals surface area (Å²) in [6, 6.07) is 5.61. The topological polar surface area (TPSA) is 93.2 Å². The van der Waals surface area contributed by atoms with Crippen LogP contribution in [0.5, 0.6) is 0 Å². The van der Waals surface area contributed by atoms with Crippen molar-refractivity contribution in [3.8, 4) is 5.69 Å².